The third-order valence-electron chi connectivity index (χ3n) is 7.73. The van der Waals surface area contributed by atoms with E-state index in [2.05, 4.69) is 13.8 Å². The second kappa shape index (κ2) is 22.8. The highest BCUT2D eigenvalue weighted by atomic mass is 16.7. The van der Waals surface area contributed by atoms with Crippen molar-refractivity contribution in [3.05, 3.63) is 35.9 Å². The van der Waals surface area contributed by atoms with Gasteiger partial charge in [0.05, 0.1) is 13.2 Å². The van der Waals surface area contributed by atoms with Gasteiger partial charge in [-0.2, -0.15) is 0 Å². The van der Waals surface area contributed by atoms with Crippen molar-refractivity contribution in [3.63, 3.8) is 0 Å². The summed E-state index contributed by atoms with van der Waals surface area (Å²) in [7, 11) is 0. The maximum absolute atomic E-state index is 12.5. The Hall–Kier alpha value is -2.76. The van der Waals surface area contributed by atoms with Crippen LogP contribution in [-0.4, -0.2) is 25.5 Å². The summed E-state index contributed by atoms with van der Waals surface area (Å²) in [4.78, 5) is 25.0. The Morgan fingerprint density at radius 2 is 0.976 bits per heavy atom. The highest BCUT2D eigenvalue weighted by molar-refractivity contribution is 5.96. The number of hydrogen-bond acceptors (Lipinski definition) is 6. The molecule has 6 heteroatoms. The molecular formula is C36H56O6. The number of rotatable bonds is 23. The summed E-state index contributed by atoms with van der Waals surface area (Å²) in [6.45, 7) is 7.13. The van der Waals surface area contributed by atoms with Gasteiger partial charge in [-0.3, -0.25) is 0 Å². The first-order valence-corrected chi connectivity index (χ1v) is 16.8. The first kappa shape index (κ1) is 35.4. The van der Waals surface area contributed by atoms with E-state index in [0.717, 1.165) is 44.1 Å². The van der Waals surface area contributed by atoms with Crippen LogP contribution in [0.4, 0.5) is 9.59 Å². The lowest BCUT2D eigenvalue weighted by atomic mass is 10.0. The van der Waals surface area contributed by atoms with E-state index < -0.39 is 12.3 Å². The van der Waals surface area contributed by atoms with Gasteiger partial charge < -0.3 is 18.9 Å². The molecule has 0 fully saturated rings. The van der Waals surface area contributed by atoms with Crippen molar-refractivity contribution in [2.45, 2.75) is 143 Å². The van der Waals surface area contributed by atoms with Crippen LogP contribution in [0, 0.1) is 0 Å². The Kier molecular flexibility index (Phi) is 19.2. The predicted molar refractivity (Wildman–Crippen MR) is 172 cm³/mol. The largest absolute Gasteiger partial charge is 0.513 e. The molecule has 0 atom stereocenters. The lowest BCUT2D eigenvalue weighted by molar-refractivity contribution is 0.0955. The fourth-order valence-electron chi connectivity index (χ4n) is 5.21. The Labute approximate surface area is 254 Å². The van der Waals surface area contributed by atoms with Crippen LogP contribution in [-0.2, 0) is 15.9 Å². The molecule has 6 nitrogen and oxygen atoms in total. The van der Waals surface area contributed by atoms with Gasteiger partial charge in [0.1, 0.15) is 11.5 Å². The molecule has 42 heavy (non-hydrogen) atoms. The highest BCUT2D eigenvalue weighted by Gasteiger charge is 2.19. The molecule has 0 heterocycles. The van der Waals surface area contributed by atoms with E-state index in [4.69, 9.17) is 18.9 Å². The summed E-state index contributed by atoms with van der Waals surface area (Å²) in [6, 6.07) is 9.19. The Morgan fingerprint density at radius 1 is 0.548 bits per heavy atom. The number of fused-ring (bicyclic) bond motifs is 1. The molecule has 0 unspecified atom stereocenters. The fourth-order valence-corrected chi connectivity index (χ4v) is 5.21. The standard InChI is InChI=1S/C36H56O6/c1-4-7-9-11-13-15-17-19-23-27-39-35(37)41-33-29-30(6-3)34(32-26-22-21-25-31(32)33)42-36(38)40-28-24-20-18-16-14-12-10-8-5-2/h21-22,25-26,29H,4-20,23-24,27-28H2,1-3H3. The zero-order valence-electron chi connectivity index (χ0n) is 26.7. The van der Waals surface area contributed by atoms with E-state index >= 15 is 0 Å². The van der Waals surface area contributed by atoms with E-state index in [0.29, 0.717) is 41.9 Å². The van der Waals surface area contributed by atoms with Crippen LogP contribution in [0.5, 0.6) is 11.5 Å². The average molecular weight is 585 g/mol. The lowest BCUT2D eigenvalue weighted by Crippen LogP contribution is -2.14. The lowest BCUT2D eigenvalue weighted by Gasteiger charge is -2.15. The fraction of sp³-hybridized carbons (Fsp3) is 0.667. The molecular weight excluding hydrogens is 528 g/mol. The van der Waals surface area contributed by atoms with Crippen molar-refractivity contribution >= 4 is 23.1 Å². The molecule has 0 aliphatic carbocycles. The zero-order chi connectivity index (χ0) is 30.3. The van der Waals surface area contributed by atoms with Crippen molar-refractivity contribution in [2.24, 2.45) is 0 Å². The molecule has 2 aromatic rings. The number of hydrogen-bond donors (Lipinski definition) is 0. The first-order valence-electron chi connectivity index (χ1n) is 16.8. The second-order valence-corrected chi connectivity index (χ2v) is 11.3. The average Bonchev–Trinajstić information content (AvgIpc) is 3.00. The molecule has 236 valence electrons. The SMILES string of the molecule is CCCCCCCCCCCOC(=O)Oc1cc(CC)c(OC(=O)OCCCCCCCCCCC)c2ccccc12. The van der Waals surface area contributed by atoms with Gasteiger partial charge in [-0.15, -0.1) is 0 Å². The summed E-state index contributed by atoms with van der Waals surface area (Å²) in [5.74, 6) is 0.843. The molecule has 0 N–H and O–H groups in total. The molecule has 0 aliphatic heterocycles. The Bertz CT molecular complexity index is 1020. The maximum atomic E-state index is 12.5. The number of carbonyl (C=O) groups is 2. The Balaban J connectivity index is 1.79. The summed E-state index contributed by atoms with van der Waals surface area (Å²) >= 11 is 0. The summed E-state index contributed by atoms with van der Waals surface area (Å²) in [6.07, 6.45) is 20.8. The van der Waals surface area contributed by atoms with Crippen LogP contribution in [0.25, 0.3) is 10.8 Å². The van der Waals surface area contributed by atoms with Crippen LogP contribution in [0.3, 0.4) is 0 Å². The molecule has 0 aliphatic rings. The van der Waals surface area contributed by atoms with Gasteiger partial charge in [0.2, 0.25) is 0 Å². The quantitative estimate of drug-likeness (QED) is 0.0735. The number of ether oxygens (including phenoxy) is 4. The Morgan fingerprint density at radius 3 is 1.45 bits per heavy atom. The minimum absolute atomic E-state index is 0.346. The van der Waals surface area contributed by atoms with Crippen LogP contribution >= 0.6 is 0 Å². The van der Waals surface area contributed by atoms with Crippen molar-refractivity contribution in [3.8, 4) is 11.5 Å². The maximum Gasteiger partial charge on any atom is 0.513 e. The van der Waals surface area contributed by atoms with Crippen molar-refractivity contribution in [2.75, 3.05) is 13.2 Å². The normalized spacial score (nSPS) is 11.0. The molecule has 0 aromatic heterocycles. The van der Waals surface area contributed by atoms with Gasteiger partial charge in [-0.1, -0.05) is 148 Å². The van der Waals surface area contributed by atoms with Gasteiger partial charge in [0.25, 0.3) is 0 Å². The number of carbonyl (C=O) groups excluding carboxylic acids is 2. The highest BCUT2D eigenvalue weighted by Crippen LogP contribution is 2.37. The minimum Gasteiger partial charge on any atom is -0.434 e. The topological polar surface area (TPSA) is 71.1 Å². The van der Waals surface area contributed by atoms with Gasteiger partial charge in [-0.25, -0.2) is 9.59 Å². The van der Waals surface area contributed by atoms with E-state index in [9.17, 15) is 9.59 Å². The number of unbranched alkanes of at least 4 members (excludes halogenated alkanes) is 16. The van der Waals surface area contributed by atoms with E-state index in [1.165, 1.54) is 77.0 Å². The number of benzene rings is 2. The van der Waals surface area contributed by atoms with Gasteiger partial charge in [0, 0.05) is 10.8 Å². The first-order chi connectivity index (χ1) is 20.6. The van der Waals surface area contributed by atoms with Gasteiger partial charge in [0.15, 0.2) is 0 Å². The number of aryl methyl sites for hydroxylation is 1. The molecule has 0 amide bonds. The van der Waals surface area contributed by atoms with Crippen LogP contribution in [0.2, 0.25) is 0 Å². The smallest absolute Gasteiger partial charge is 0.434 e. The zero-order valence-corrected chi connectivity index (χ0v) is 26.7. The van der Waals surface area contributed by atoms with Crippen molar-refractivity contribution in [1.29, 1.82) is 0 Å². The third-order valence-corrected chi connectivity index (χ3v) is 7.73. The third kappa shape index (κ3) is 14.4. The van der Waals surface area contributed by atoms with E-state index in [1.807, 2.05) is 31.2 Å². The van der Waals surface area contributed by atoms with Crippen molar-refractivity contribution < 1.29 is 28.5 Å². The van der Waals surface area contributed by atoms with Gasteiger partial charge in [-0.05, 0) is 30.9 Å². The molecule has 0 saturated heterocycles. The van der Waals surface area contributed by atoms with Crippen LogP contribution in [0.1, 0.15) is 142 Å². The molecule has 0 spiro atoms. The molecule has 0 saturated carbocycles. The minimum atomic E-state index is -0.712. The van der Waals surface area contributed by atoms with Gasteiger partial charge >= 0.3 is 12.3 Å². The second-order valence-electron chi connectivity index (χ2n) is 11.3. The summed E-state index contributed by atoms with van der Waals surface area (Å²) in [5, 5.41) is 1.37. The van der Waals surface area contributed by atoms with Crippen LogP contribution in [0.15, 0.2) is 30.3 Å². The van der Waals surface area contributed by atoms with Crippen molar-refractivity contribution in [1.82, 2.24) is 0 Å². The summed E-state index contributed by atoms with van der Waals surface area (Å²) in [5.41, 5.74) is 0.760. The molecule has 0 radical (unpaired) electrons. The van der Waals surface area contributed by atoms with E-state index in [-0.39, 0.29) is 0 Å². The molecule has 0 bridgehead atoms. The van der Waals surface area contributed by atoms with Crippen LogP contribution < -0.4 is 9.47 Å². The molecule has 2 aromatic carbocycles. The summed E-state index contributed by atoms with van der Waals surface area (Å²) < 4.78 is 22.1. The van der Waals surface area contributed by atoms with E-state index in [1.54, 1.807) is 6.07 Å². The molecule has 2 rings (SSSR count). The predicted octanol–water partition coefficient (Wildman–Crippen LogP) is 11.5. The monoisotopic (exact) mass is 584 g/mol.